The second-order valence-corrected chi connectivity index (χ2v) is 4.82. The van der Waals surface area contributed by atoms with Gasteiger partial charge in [0.05, 0.1) is 11.0 Å². The van der Waals surface area contributed by atoms with Crippen LogP contribution in [0.5, 0.6) is 0 Å². The third kappa shape index (κ3) is 3.15. The summed E-state index contributed by atoms with van der Waals surface area (Å²) in [6, 6.07) is 2.89. The van der Waals surface area contributed by atoms with Crippen LogP contribution in [0.3, 0.4) is 0 Å². The fourth-order valence-electron chi connectivity index (χ4n) is 2.39. The number of anilines is 1. The van der Waals surface area contributed by atoms with E-state index in [0.29, 0.717) is 11.7 Å². The van der Waals surface area contributed by atoms with Crippen molar-refractivity contribution in [3.63, 3.8) is 0 Å². The molecule has 0 aliphatic heterocycles. The first kappa shape index (κ1) is 11.8. The van der Waals surface area contributed by atoms with E-state index in [-0.39, 0.29) is 5.69 Å². The highest BCUT2D eigenvalue weighted by Gasteiger charge is 2.21. The van der Waals surface area contributed by atoms with Gasteiger partial charge in [-0.25, -0.2) is 4.98 Å². The topological polar surface area (TPSA) is 68.1 Å². The number of hydrogen-bond acceptors (Lipinski definition) is 4. The Hall–Kier alpha value is -1.65. The first-order valence-corrected chi connectivity index (χ1v) is 5.99. The Morgan fingerprint density at radius 1 is 1.59 bits per heavy atom. The lowest BCUT2D eigenvalue weighted by Crippen LogP contribution is -2.12. The number of pyridine rings is 1. The maximum atomic E-state index is 10.6. The van der Waals surface area contributed by atoms with E-state index >= 15 is 0 Å². The molecule has 1 N–H and O–H groups in total. The van der Waals surface area contributed by atoms with Crippen LogP contribution < -0.4 is 5.32 Å². The molecule has 2 unspecified atom stereocenters. The molecule has 0 spiro atoms. The monoisotopic (exact) mass is 235 g/mol. The number of rotatable bonds is 4. The molecule has 2 atom stereocenters. The molecule has 1 aromatic rings. The maximum absolute atomic E-state index is 10.6. The summed E-state index contributed by atoms with van der Waals surface area (Å²) in [5.74, 6) is 2.07. The summed E-state index contributed by atoms with van der Waals surface area (Å²) in [7, 11) is 0. The Labute approximate surface area is 100 Å². The number of nitrogens with one attached hydrogen (secondary N) is 1. The fourth-order valence-corrected chi connectivity index (χ4v) is 2.39. The van der Waals surface area contributed by atoms with Gasteiger partial charge in [-0.3, -0.25) is 10.1 Å². The van der Waals surface area contributed by atoms with Gasteiger partial charge < -0.3 is 5.32 Å². The predicted molar refractivity (Wildman–Crippen MR) is 65.9 cm³/mol. The molecule has 0 radical (unpaired) electrons. The van der Waals surface area contributed by atoms with E-state index < -0.39 is 4.92 Å². The molecule has 0 amide bonds. The van der Waals surface area contributed by atoms with Crippen LogP contribution in [-0.2, 0) is 0 Å². The van der Waals surface area contributed by atoms with Crippen molar-refractivity contribution in [1.29, 1.82) is 0 Å². The number of hydrogen-bond donors (Lipinski definition) is 1. The second-order valence-electron chi connectivity index (χ2n) is 4.82. The van der Waals surface area contributed by atoms with E-state index in [4.69, 9.17) is 0 Å². The van der Waals surface area contributed by atoms with Crippen LogP contribution in [0.1, 0.15) is 26.2 Å². The zero-order valence-corrected chi connectivity index (χ0v) is 9.93. The van der Waals surface area contributed by atoms with Crippen LogP contribution in [0, 0.1) is 22.0 Å². The van der Waals surface area contributed by atoms with Crippen molar-refractivity contribution in [1.82, 2.24) is 4.98 Å². The number of nitro groups is 1. The Balaban J connectivity index is 1.90. The van der Waals surface area contributed by atoms with Gasteiger partial charge in [-0.15, -0.1) is 0 Å². The normalized spacial score (nSPS) is 23.6. The molecule has 2 rings (SSSR count). The van der Waals surface area contributed by atoms with Crippen molar-refractivity contribution in [2.45, 2.75) is 26.2 Å². The van der Waals surface area contributed by atoms with Crippen LogP contribution in [-0.4, -0.2) is 16.5 Å². The first-order valence-electron chi connectivity index (χ1n) is 5.99. The average molecular weight is 235 g/mol. The van der Waals surface area contributed by atoms with Gasteiger partial charge in [-0.1, -0.05) is 13.3 Å². The van der Waals surface area contributed by atoms with Crippen molar-refractivity contribution in [3.05, 3.63) is 28.4 Å². The van der Waals surface area contributed by atoms with Gasteiger partial charge in [0.1, 0.15) is 5.82 Å². The molecule has 1 heterocycles. The second kappa shape index (κ2) is 5.12. The summed E-state index contributed by atoms with van der Waals surface area (Å²) in [6.07, 6.45) is 5.23. The molecule has 1 aliphatic carbocycles. The van der Waals surface area contributed by atoms with E-state index in [1.807, 2.05) is 0 Å². The first-order chi connectivity index (χ1) is 8.15. The van der Waals surface area contributed by atoms with Gasteiger partial charge in [-0.05, 0) is 24.7 Å². The summed E-state index contributed by atoms with van der Waals surface area (Å²) >= 11 is 0. The summed E-state index contributed by atoms with van der Waals surface area (Å²) in [5, 5.41) is 13.8. The molecule has 1 saturated carbocycles. The highest BCUT2D eigenvalue weighted by molar-refractivity contribution is 5.44. The number of aromatic nitrogens is 1. The molecule has 92 valence electrons. The van der Waals surface area contributed by atoms with E-state index in [2.05, 4.69) is 17.2 Å². The van der Waals surface area contributed by atoms with Crippen molar-refractivity contribution in [2.75, 3.05) is 11.9 Å². The summed E-state index contributed by atoms with van der Waals surface area (Å²) in [6.45, 7) is 3.13. The molecular weight excluding hydrogens is 218 g/mol. The molecule has 0 bridgehead atoms. The molecular formula is C12H17N3O2. The Morgan fingerprint density at radius 2 is 2.41 bits per heavy atom. The van der Waals surface area contributed by atoms with Crippen LogP contribution in [0.2, 0.25) is 0 Å². The van der Waals surface area contributed by atoms with Gasteiger partial charge in [0.2, 0.25) is 0 Å². The minimum absolute atomic E-state index is 0.0855. The van der Waals surface area contributed by atoms with Gasteiger partial charge in [0.25, 0.3) is 5.69 Å². The van der Waals surface area contributed by atoms with Crippen LogP contribution in [0.25, 0.3) is 0 Å². The van der Waals surface area contributed by atoms with E-state index in [1.54, 1.807) is 0 Å². The minimum atomic E-state index is -0.398. The summed E-state index contributed by atoms with van der Waals surface area (Å²) < 4.78 is 0. The van der Waals surface area contributed by atoms with E-state index in [0.717, 1.165) is 12.5 Å². The lowest BCUT2D eigenvalue weighted by atomic mass is 10.1. The molecule has 0 saturated heterocycles. The van der Waals surface area contributed by atoms with Crippen molar-refractivity contribution in [2.24, 2.45) is 11.8 Å². The zero-order chi connectivity index (χ0) is 12.3. The summed E-state index contributed by atoms with van der Waals surface area (Å²) in [5.41, 5.74) is 0.0855. The van der Waals surface area contributed by atoms with Crippen molar-refractivity contribution in [3.8, 4) is 0 Å². The van der Waals surface area contributed by atoms with E-state index in [9.17, 15) is 10.1 Å². The smallest absolute Gasteiger partial charge is 0.274 e. The lowest BCUT2D eigenvalue weighted by molar-refractivity contribution is -0.384. The average Bonchev–Trinajstić information content (AvgIpc) is 2.73. The van der Waals surface area contributed by atoms with Gasteiger partial charge in [-0.2, -0.15) is 0 Å². The zero-order valence-electron chi connectivity index (χ0n) is 9.93. The predicted octanol–water partition coefficient (Wildman–Crippen LogP) is 2.84. The quantitative estimate of drug-likeness (QED) is 0.643. The highest BCUT2D eigenvalue weighted by atomic mass is 16.6. The Morgan fingerprint density at radius 3 is 3.06 bits per heavy atom. The number of nitrogens with zero attached hydrogens (tertiary/aromatic N) is 2. The Bertz CT molecular complexity index is 408. The molecule has 5 heteroatoms. The fraction of sp³-hybridized carbons (Fsp3) is 0.583. The van der Waals surface area contributed by atoms with Crippen LogP contribution in [0.4, 0.5) is 11.5 Å². The lowest BCUT2D eigenvalue weighted by Gasteiger charge is -2.11. The molecule has 1 aromatic heterocycles. The van der Waals surface area contributed by atoms with Crippen LogP contribution >= 0.6 is 0 Å². The minimum Gasteiger partial charge on any atom is -0.370 e. The molecule has 17 heavy (non-hydrogen) atoms. The van der Waals surface area contributed by atoms with Gasteiger partial charge in [0.15, 0.2) is 0 Å². The maximum Gasteiger partial charge on any atom is 0.274 e. The van der Waals surface area contributed by atoms with Gasteiger partial charge >= 0.3 is 0 Å². The third-order valence-corrected chi connectivity index (χ3v) is 3.33. The van der Waals surface area contributed by atoms with E-state index in [1.165, 1.54) is 37.6 Å². The molecule has 0 aromatic carbocycles. The van der Waals surface area contributed by atoms with Gasteiger partial charge in [0, 0.05) is 18.8 Å². The largest absolute Gasteiger partial charge is 0.370 e. The standard InChI is InChI=1S/C12H17N3O2/c1-9-2-3-10(6-9)8-14-12-7-11(15(16)17)4-5-13-12/h4-5,7,9-10H,2-3,6,8H2,1H3,(H,13,14). The van der Waals surface area contributed by atoms with Crippen molar-refractivity contribution < 1.29 is 4.92 Å². The molecule has 5 nitrogen and oxygen atoms in total. The third-order valence-electron chi connectivity index (χ3n) is 3.33. The SMILES string of the molecule is CC1CCC(CNc2cc([N+](=O)[O-])ccn2)C1. The van der Waals surface area contributed by atoms with Crippen molar-refractivity contribution >= 4 is 11.5 Å². The molecule has 1 fully saturated rings. The Kier molecular flexibility index (Phi) is 3.56. The molecule has 1 aliphatic rings. The van der Waals surface area contributed by atoms with Crippen LogP contribution in [0.15, 0.2) is 18.3 Å². The highest BCUT2D eigenvalue weighted by Crippen LogP contribution is 2.30. The summed E-state index contributed by atoms with van der Waals surface area (Å²) in [4.78, 5) is 14.3.